The van der Waals surface area contributed by atoms with Gasteiger partial charge in [0.2, 0.25) is 5.91 Å². The van der Waals surface area contributed by atoms with Crippen LogP contribution in [-0.2, 0) is 4.79 Å². The van der Waals surface area contributed by atoms with Gasteiger partial charge in [0.1, 0.15) is 0 Å². The number of carbonyl (C=O) groups excluding carboxylic acids is 2. The first-order valence-corrected chi connectivity index (χ1v) is 9.90. The zero-order chi connectivity index (χ0) is 18.4. The lowest BCUT2D eigenvalue weighted by Crippen LogP contribution is -2.56. The fourth-order valence-electron chi connectivity index (χ4n) is 4.20. The van der Waals surface area contributed by atoms with Crippen molar-refractivity contribution in [3.63, 3.8) is 0 Å². The molecule has 6 heteroatoms. The second-order valence-corrected chi connectivity index (χ2v) is 8.57. The van der Waals surface area contributed by atoms with Crippen molar-refractivity contribution in [1.29, 1.82) is 0 Å². The quantitative estimate of drug-likeness (QED) is 0.685. The molecular formula is C19H36N4O2. The summed E-state index contributed by atoms with van der Waals surface area (Å²) in [5, 5.41) is 6.28. The molecule has 1 heterocycles. The summed E-state index contributed by atoms with van der Waals surface area (Å²) in [6.45, 7) is 7.95. The summed E-state index contributed by atoms with van der Waals surface area (Å²) in [5.41, 5.74) is 5.54. The van der Waals surface area contributed by atoms with E-state index < -0.39 is 0 Å². The summed E-state index contributed by atoms with van der Waals surface area (Å²) in [6.07, 6.45) is 7.11. The smallest absolute Gasteiger partial charge is 0.317 e. The molecule has 2 rings (SSSR count). The minimum Gasteiger partial charge on any atom is -0.349 e. The molecule has 1 aliphatic heterocycles. The summed E-state index contributed by atoms with van der Waals surface area (Å²) in [7, 11) is 0. The third-order valence-electron chi connectivity index (χ3n) is 5.50. The van der Waals surface area contributed by atoms with Gasteiger partial charge in [0, 0.05) is 31.2 Å². The van der Waals surface area contributed by atoms with Gasteiger partial charge in [-0.05, 0) is 44.9 Å². The van der Waals surface area contributed by atoms with Gasteiger partial charge in [0.15, 0.2) is 0 Å². The van der Waals surface area contributed by atoms with E-state index in [1.54, 1.807) is 0 Å². The van der Waals surface area contributed by atoms with E-state index in [0.29, 0.717) is 25.0 Å². The van der Waals surface area contributed by atoms with Gasteiger partial charge >= 0.3 is 6.03 Å². The highest BCUT2D eigenvalue weighted by molar-refractivity contribution is 5.81. The Morgan fingerprint density at radius 2 is 1.88 bits per heavy atom. The Hall–Kier alpha value is -1.30. The second-order valence-electron chi connectivity index (χ2n) is 8.57. The van der Waals surface area contributed by atoms with Crippen molar-refractivity contribution in [2.24, 2.45) is 17.6 Å². The van der Waals surface area contributed by atoms with Crippen LogP contribution in [0.4, 0.5) is 4.79 Å². The van der Waals surface area contributed by atoms with Crippen molar-refractivity contribution in [1.82, 2.24) is 15.5 Å². The number of carbonyl (C=O) groups is 2. The molecule has 0 aromatic carbocycles. The van der Waals surface area contributed by atoms with Gasteiger partial charge in [-0.15, -0.1) is 0 Å². The van der Waals surface area contributed by atoms with E-state index >= 15 is 0 Å². The molecule has 1 saturated heterocycles. The number of amides is 3. The molecule has 3 amide bonds. The number of hydrogen-bond donors (Lipinski definition) is 3. The number of nitrogens with two attached hydrogens (primary N) is 1. The molecule has 0 radical (unpaired) electrons. The number of nitrogens with zero attached hydrogens (tertiary/aromatic N) is 1. The second kappa shape index (κ2) is 8.88. The van der Waals surface area contributed by atoms with Crippen LogP contribution in [0.3, 0.4) is 0 Å². The van der Waals surface area contributed by atoms with Crippen molar-refractivity contribution in [3.8, 4) is 0 Å². The first-order valence-electron chi connectivity index (χ1n) is 9.90. The Labute approximate surface area is 152 Å². The minimum absolute atomic E-state index is 0.00633. The summed E-state index contributed by atoms with van der Waals surface area (Å²) in [5.74, 6) is 0.363. The van der Waals surface area contributed by atoms with E-state index in [-0.39, 0.29) is 23.4 Å². The lowest BCUT2D eigenvalue weighted by Gasteiger charge is -2.36. The summed E-state index contributed by atoms with van der Waals surface area (Å²) in [4.78, 5) is 27.0. The van der Waals surface area contributed by atoms with Gasteiger partial charge in [-0.25, -0.2) is 4.79 Å². The third-order valence-corrected chi connectivity index (χ3v) is 5.50. The first kappa shape index (κ1) is 20.0. The van der Waals surface area contributed by atoms with Crippen LogP contribution >= 0.6 is 0 Å². The van der Waals surface area contributed by atoms with Crippen LogP contribution in [0.25, 0.3) is 0 Å². The van der Waals surface area contributed by atoms with Gasteiger partial charge in [-0.1, -0.05) is 26.7 Å². The molecule has 6 nitrogen and oxygen atoms in total. The summed E-state index contributed by atoms with van der Waals surface area (Å²) in [6, 6.07) is 0.307. The lowest BCUT2D eigenvalue weighted by atomic mass is 9.89. The molecule has 2 fully saturated rings. The number of piperidine rings is 1. The number of hydrogen-bond acceptors (Lipinski definition) is 3. The molecule has 0 aromatic heterocycles. The van der Waals surface area contributed by atoms with Crippen LogP contribution in [0.2, 0.25) is 0 Å². The molecule has 1 aliphatic carbocycles. The largest absolute Gasteiger partial charge is 0.349 e. The highest BCUT2D eigenvalue weighted by atomic mass is 16.2. The van der Waals surface area contributed by atoms with E-state index in [1.807, 2.05) is 11.8 Å². The average Bonchev–Trinajstić information content (AvgIpc) is 3.07. The monoisotopic (exact) mass is 352 g/mol. The number of nitrogens with one attached hydrogen (secondary N) is 2. The Morgan fingerprint density at radius 1 is 1.20 bits per heavy atom. The Kier molecular flexibility index (Phi) is 7.11. The predicted molar refractivity (Wildman–Crippen MR) is 100 cm³/mol. The van der Waals surface area contributed by atoms with Gasteiger partial charge in [-0.2, -0.15) is 0 Å². The SMILES string of the molecule is CC(C)CC(C)(CN)NC(=O)C1CCCN(C(=O)NC2CCCC2)C1. The van der Waals surface area contributed by atoms with E-state index in [4.69, 9.17) is 5.73 Å². The van der Waals surface area contributed by atoms with Crippen LogP contribution in [-0.4, -0.2) is 48.1 Å². The molecule has 4 N–H and O–H groups in total. The molecular weight excluding hydrogens is 316 g/mol. The minimum atomic E-state index is -0.375. The van der Waals surface area contributed by atoms with Crippen LogP contribution in [0.1, 0.15) is 65.7 Å². The van der Waals surface area contributed by atoms with Crippen LogP contribution in [0.5, 0.6) is 0 Å². The molecule has 1 saturated carbocycles. The van der Waals surface area contributed by atoms with Gasteiger partial charge in [0.25, 0.3) is 0 Å². The highest BCUT2D eigenvalue weighted by Gasteiger charge is 2.33. The van der Waals surface area contributed by atoms with Gasteiger partial charge in [0.05, 0.1) is 5.92 Å². The maximum Gasteiger partial charge on any atom is 0.317 e. The topological polar surface area (TPSA) is 87.5 Å². The van der Waals surface area contributed by atoms with Crippen molar-refractivity contribution in [3.05, 3.63) is 0 Å². The average molecular weight is 353 g/mol. The van der Waals surface area contributed by atoms with E-state index in [0.717, 1.165) is 38.6 Å². The van der Waals surface area contributed by atoms with Gasteiger partial charge in [-0.3, -0.25) is 4.79 Å². The molecule has 0 spiro atoms. The maximum absolute atomic E-state index is 12.7. The zero-order valence-electron chi connectivity index (χ0n) is 16.1. The molecule has 144 valence electrons. The first-order chi connectivity index (χ1) is 11.8. The molecule has 2 unspecified atom stereocenters. The summed E-state index contributed by atoms with van der Waals surface area (Å²) < 4.78 is 0. The van der Waals surface area contributed by atoms with E-state index in [9.17, 15) is 9.59 Å². The van der Waals surface area contributed by atoms with Crippen LogP contribution in [0.15, 0.2) is 0 Å². The fraction of sp³-hybridized carbons (Fsp3) is 0.895. The maximum atomic E-state index is 12.7. The van der Waals surface area contributed by atoms with Crippen LogP contribution in [0, 0.1) is 11.8 Å². The van der Waals surface area contributed by atoms with Crippen LogP contribution < -0.4 is 16.4 Å². The molecule has 2 atom stereocenters. The van der Waals surface area contributed by atoms with Gasteiger partial charge < -0.3 is 21.3 Å². The van der Waals surface area contributed by atoms with E-state index in [2.05, 4.69) is 24.5 Å². The normalized spacial score (nSPS) is 24.2. The summed E-state index contributed by atoms with van der Waals surface area (Å²) >= 11 is 0. The molecule has 25 heavy (non-hydrogen) atoms. The van der Waals surface area contributed by atoms with Crippen molar-refractivity contribution in [2.45, 2.75) is 77.3 Å². The Bertz CT molecular complexity index is 462. The van der Waals surface area contributed by atoms with Crippen molar-refractivity contribution in [2.75, 3.05) is 19.6 Å². The van der Waals surface area contributed by atoms with E-state index in [1.165, 1.54) is 12.8 Å². The number of likely N-dealkylation sites (tertiary alicyclic amines) is 1. The molecule has 0 bridgehead atoms. The fourth-order valence-corrected chi connectivity index (χ4v) is 4.20. The number of rotatable bonds is 6. The molecule has 2 aliphatic rings. The number of urea groups is 1. The zero-order valence-corrected chi connectivity index (χ0v) is 16.1. The molecule has 0 aromatic rings. The van der Waals surface area contributed by atoms with Crippen molar-refractivity contribution < 1.29 is 9.59 Å². The predicted octanol–water partition coefficient (Wildman–Crippen LogP) is 2.23. The Balaban J connectivity index is 1.88. The standard InChI is InChI=1S/C19H36N4O2/c1-14(2)11-19(3,13-20)22-17(24)15-7-6-10-23(12-15)18(25)21-16-8-4-5-9-16/h14-16H,4-13,20H2,1-3H3,(H,21,25)(H,22,24). The lowest BCUT2D eigenvalue weighted by molar-refractivity contribution is -0.128. The highest BCUT2D eigenvalue weighted by Crippen LogP contribution is 2.22. The third kappa shape index (κ3) is 5.87. The van der Waals surface area contributed by atoms with Crippen molar-refractivity contribution >= 4 is 11.9 Å². The Morgan fingerprint density at radius 3 is 2.48 bits per heavy atom.